The normalized spacial score (nSPS) is 12.0. The predicted molar refractivity (Wildman–Crippen MR) is 79.2 cm³/mol. The van der Waals surface area contributed by atoms with Crippen molar-refractivity contribution in [1.82, 2.24) is 0 Å². The summed E-state index contributed by atoms with van der Waals surface area (Å²) in [5, 5.41) is 9.65. The summed E-state index contributed by atoms with van der Waals surface area (Å²) in [4.78, 5) is 0. The van der Waals surface area contributed by atoms with Crippen LogP contribution in [-0.2, 0) is 6.42 Å². The number of hydrogen-bond acceptors (Lipinski definition) is 3. The molecule has 0 fully saturated rings. The molecule has 2 aromatic rings. The molecule has 0 bridgehead atoms. The second-order valence-corrected chi connectivity index (χ2v) is 4.80. The molecule has 112 valence electrons. The monoisotopic (exact) mass is 290 g/mol. The minimum Gasteiger partial charge on any atom is -0.497 e. The first kappa shape index (κ1) is 15.3. The van der Waals surface area contributed by atoms with Gasteiger partial charge in [-0.1, -0.05) is 12.1 Å². The summed E-state index contributed by atoms with van der Waals surface area (Å²) >= 11 is 0. The second kappa shape index (κ2) is 7.09. The van der Waals surface area contributed by atoms with Crippen molar-refractivity contribution in [3.05, 3.63) is 59.4 Å². The van der Waals surface area contributed by atoms with E-state index in [1.54, 1.807) is 20.1 Å². The Kier molecular flexibility index (Phi) is 5.17. The van der Waals surface area contributed by atoms with Gasteiger partial charge in [0.05, 0.1) is 19.8 Å². The number of aliphatic hydroxyl groups excluding tert-OH is 1. The second-order valence-electron chi connectivity index (χ2n) is 4.80. The van der Waals surface area contributed by atoms with E-state index >= 15 is 0 Å². The fraction of sp³-hybridized carbons (Fsp3) is 0.294. The SMILES string of the molecule is COc1ccc(CCOc2cc(F)ccc2C(C)O)cc1. The zero-order valence-electron chi connectivity index (χ0n) is 12.2. The van der Waals surface area contributed by atoms with Gasteiger partial charge in [-0.05, 0) is 36.8 Å². The van der Waals surface area contributed by atoms with Crippen molar-refractivity contribution in [2.24, 2.45) is 0 Å². The van der Waals surface area contributed by atoms with E-state index in [4.69, 9.17) is 9.47 Å². The summed E-state index contributed by atoms with van der Waals surface area (Å²) in [5.41, 5.74) is 1.69. The topological polar surface area (TPSA) is 38.7 Å². The average molecular weight is 290 g/mol. The van der Waals surface area contributed by atoms with Crippen molar-refractivity contribution in [3.8, 4) is 11.5 Å². The lowest BCUT2D eigenvalue weighted by Crippen LogP contribution is -2.05. The lowest BCUT2D eigenvalue weighted by atomic mass is 10.1. The molecule has 21 heavy (non-hydrogen) atoms. The van der Waals surface area contributed by atoms with Crippen LogP contribution in [0, 0.1) is 5.82 Å². The van der Waals surface area contributed by atoms with E-state index in [-0.39, 0.29) is 5.82 Å². The fourth-order valence-electron chi connectivity index (χ4n) is 2.05. The molecule has 2 aromatic carbocycles. The van der Waals surface area contributed by atoms with Crippen LogP contribution in [0.5, 0.6) is 11.5 Å². The van der Waals surface area contributed by atoms with Crippen LogP contribution in [0.15, 0.2) is 42.5 Å². The third-order valence-corrected chi connectivity index (χ3v) is 3.23. The van der Waals surface area contributed by atoms with Crippen LogP contribution < -0.4 is 9.47 Å². The molecule has 4 heteroatoms. The van der Waals surface area contributed by atoms with Crippen molar-refractivity contribution < 1.29 is 19.0 Å². The van der Waals surface area contributed by atoms with Gasteiger partial charge in [0.15, 0.2) is 0 Å². The van der Waals surface area contributed by atoms with Gasteiger partial charge in [-0.3, -0.25) is 0 Å². The van der Waals surface area contributed by atoms with Crippen molar-refractivity contribution in [2.75, 3.05) is 13.7 Å². The zero-order valence-corrected chi connectivity index (χ0v) is 12.2. The molecule has 0 radical (unpaired) electrons. The number of hydrogen-bond donors (Lipinski definition) is 1. The van der Waals surface area contributed by atoms with Gasteiger partial charge < -0.3 is 14.6 Å². The summed E-state index contributed by atoms with van der Waals surface area (Å²) in [6.07, 6.45) is 0.00123. The maximum Gasteiger partial charge on any atom is 0.128 e. The maximum absolute atomic E-state index is 13.3. The number of benzene rings is 2. The molecule has 0 spiro atoms. The van der Waals surface area contributed by atoms with Gasteiger partial charge >= 0.3 is 0 Å². The minimum absolute atomic E-state index is 0.376. The number of ether oxygens (including phenoxy) is 2. The van der Waals surface area contributed by atoms with Crippen molar-refractivity contribution in [2.45, 2.75) is 19.4 Å². The van der Waals surface area contributed by atoms with E-state index < -0.39 is 6.10 Å². The van der Waals surface area contributed by atoms with Gasteiger partial charge in [-0.15, -0.1) is 0 Å². The maximum atomic E-state index is 13.3. The highest BCUT2D eigenvalue weighted by molar-refractivity contribution is 5.35. The summed E-state index contributed by atoms with van der Waals surface area (Å²) < 4.78 is 24.0. The zero-order chi connectivity index (χ0) is 15.2. The molecular weight excluding hydrogens is 271 g/mol. The average Bonchev–Trinajstić information content (AvgIpc) is 2.48. The van der Waals surface area contributed by atoms with E-state index in [2.05, 4.69) is 0 Å². The minimum atomic E-state index is -0.693. The summed E-state index contributed by atoms with van der Waals surface area (Å²) in [5.74, 6) is 0.818. The van der Waals surface area contributed by atoms with Crippen LogP contribution in [0.2, 0.25) is 0 Å². The van der Waals surface area contributed by atoms with Gasteiger partial charge in [0.2, 0.25) is 0 Å². The highest BCUT2D eigenvalue weighted by atomic mass is 19.1. The van der Waals surface area contributed by atoms with Gasteiger partial charge in [-0.25, -0.2) is 4.39 Å². The van der Waals surface area contributed by atoms with Gasteiger partial charge in [0, 0.05) is 18.1 Å². The van der Waals surface area contributed by atoms with Crippen LogP contribution in [0.4, 0.5) is 4.39 Å². The van der Waals surface area contributed by atoms with Gasteiger partial charge in [0.25, 0.3) is 0 Å². The molecular formula is C17H19FO3. The molecule has 3 nitrogen and oxygen atoms in total. The summed E-state index contributed by atoms with van der Waals surface area (Å²) in [6, 6.07) is 11.9. The Labute approximate surface area is 124 Å². The number of aliphatic hydroxyl groups is 1. The van der Waals surface area contributed by atoms with E-state index in [1.807, 2.05) is 24.3 Å². The lowest BCUT2D eigenvalue weighted by Gasteiger charge is -2.13. The van der Waals surface area contributed by atoms with E-state index in [0.29, 0.717) is 24.3 Å². The molecule has 0 saturated carbocycles. The fourth-order valence-corrected chi connectivity index (χ4v) is 2.05. The highest BCUT2D eigenvalue weighted by Gasteiger charge is 2.10. The summed E-state index contributed by atoms with van der Waals surface area (Å²) in [7, 11) is 1.62. The quantitative estimate of drug-likeness (QED) is 0.885. The van der Waals surface area contributed by atoms with Crippen molar-refractivity contribution in [1.29, 1.82) is 0 Å². The molecule has 0 amide bonds. The first-order valence-corrected chi connectivity index (χ1v) is 6.83. The largest absolute Gasteiger partial charge is 0.497 e. The Morgan fingerprint density at radius 2 is 1.86 bits per heavy atom. The predicted octanol–water partition coefficient (Wildman–Crippen LogP) is 3.51. The van der Waals surface area contributed by atoms with Crippen LogP contribution in [0.25, 0.3) is 0 Å². The number of rotatable bonds is 6. The standard InChI is InChI=1S/C17H19FO3/c1-12(19)16-8-5-14(18)11-17(16)21-10-9-13-3-6-15(20-2)7-4-13/h3-8,11-12,19H,9-10H2,1-2H3. The van der Waals surface area contributed by atoms with Crippen LogP contribution in [0.1, 0.15) is 24.2 Å². The first-order valence-electron chi connectivity index (χ1n) is 6.83. The molecule has 1 N–H and O–H groups in total. The highest BCUT2D eigenvalue weighted by Crippen LogP contribution is 2.26. The van der Waals surface area contributed by atoms with Crippen molar-refractivity contribution in [3.63, 3.8) is 0 Å². The molecule has 0 heterocycles. The Morgan fingerprint density at radius 3 is 2.48 bits per heavy atom. The molecule has 0 aliphatic heterocycles. The van der Waals surface area contributed by atoms with E-state index in [9.17, 15) is 9.50 Å². The first-order chi connectivity index (χ1) is 10.1. The van der Waals surface area contributed by atoms with Gasteiger partial charge in [0.1, 0.15) is 17.3 Å². The number of halogens is 1. The Hall–Kier alpha value is -2.07. The molecule has 1 unspecified atom stereocenters. The lowest BCUT2D eigenvalue weighted by molar-refractivity contribution is 0.191. The Morgan fingerprint density at radius 1 is 1.14 bits per heavy atom. The van der Waals surface area contributed by atoms with Crippen LogP contribution in [-0.4, -0.2) is 18.8 Å². The summed E-state index contributed by atoms with van der Waals surface area (Å²) in [6.45, 7) is 2.04. The van der Waals surface area contributed by atoms with Crippen LogP contribution >= 0.6 is 0 Å². The third kappa shape index (κ3) is 4.20. The van der Waals surface area contributed by atoms with Crippen molar-refractivity contribution >= 4 is 0 Å². The van der Waals surface area contributed by atoms with Gasteiger partial charge in [-0.2, -0.15) is 0 Å². The molecule has 0 aliphatic carbocycles. The molecule has 1 atom stereocenters. The number of methoxy groups -OCH3 is 1. The van der Waals surface area contributed by atoms with E-state index in [0.717, 1.165) is 11.3 Å². The van der Waals surface area contributed by atoms with E-state index in [1.165, 1.54) is 12.1 Å². The van der Waals surface area contributed by atoms with Crippen LogP contribution in [0.3, 0.4) is 0 Å². The Balaban J connectivity index is 1.97. The molecule has 2 rings (SSSR count). The molecule has 0 aliphatic rings. The smallest absolute Gasteiger partial charge is 0.128 e. The third-order valence-electron chi connectivity index (χ3n) is 3.23. The molecule has 0 aromatic heterocycles. The Bertz CT molecular complexity index is 579. The molecule has 0 saturated heterocycles.